The van der Waals surface area contributed by atoms with Crippen LogP contribution in [0.15, 0.2) is 0 Å². The summed E-state index contributed by atoms with van der Waals surface area (Å²) in [5.41, 5.74) is 6.61. The smallest absolute Gasteiger partial charge is 0.0188 e. The van der Waals surface area contributed by atoms with Gasteiger partial charge in [-0.05, 0) is 49.0 Å². The third kappa shape index (κ3) is 1.51. The summed E-state index contributed by atoms with van der Waals surface area (Å²) in [7, 11) is 0. The number of nitrogens with two attached hydrogens (primary N) is 1. The van der Waals surface area contributed by atoms with Crippen molar-refractivity contribution in [2.45, 2.75) is 38.1 Å². The van der Waals surface area contributed by atoms with E-state index in [0.717, 1.165) is 11.8 Å². The number of hydrogen-bond donors (Lipinski definition) is 1. The van der Waals surface area contributed by atoms with Gasteiger partial charge in [0.25, 0.3) is 0 Å². The molecule has 1 saturated carbocycles. The van der Waals surface area contributed by atoms with Gasteiger partial charge < -0.3 is 5.73 Å². The first-order valence-corrected chi connectivity index (χ1v) is 6.23. The minimum atomic E-state index is 0.250. The molecule has 0 aromatic rings. The van der Waals surface area contributed by atoms with Gasteiger partial charge in [0.15, 0.2) is 0 Å². The second-order valence-electron chi connectivity index (χ2n) is 4.63. The first-order chi connectivity index (χ1) is 5.71. The van der Waals surface area contributed by atoms with E-state index in [4.69, 9.17) is 5.73 Å². The molecule has 0 bridgehead atoms. The Morgan fingerprint density at radius 1 is 1.25 bits per heavy atom. The van der Waals surface area contributed by atoms with Crippen LogP contribution in [0, 0.1) is 11.8 Å². The molecule has 0 aromatic carbocycles. The van der Waals surface area contributed by atoms with Crippen molar-refractivity contribution in [2.75, 3.05) is 11.5 Å². The fourth-order valence-electron chi connectivity index (χ4n) is 2.84. The normalized spacial score (nSPS) is 44.0. The second kappa shape index (κ2) is 3.22. The van der Waals surface area contributed by atoms with Crippen LogP contribution in [0.5, 0.6) is 0 Å². The average Bonchev–Trinajstić information content (AvgIpc) is 2.04. The molecular formula is C10H19NS. The van der Waals surface area contributed by atoms with Crippen LogP contribution >= 0.6 is 11.8 Å². The lowest BCUT2D eigenvalue weighted by atomic mass is 9.62. The molecule has 1 nitrogen and oxygen atoms in total. The zero-order chi connectivity index (χ0) is 8.60. The first-order valence-electron chi connectivity index (χ1n) is 5.07. The highest BCUT2D eigenvalue weighted by Gasteiger charge is 2.44. The van der Waals surface area contributed by atoms with Gasteiger partial charge in [0, 0.05) is 5.54 Å². The summed E-state index contributed by atoms with van der Waals surface area (Å²) in [6.45, 7) is 2.32. The van der Waals surface area contributed by atoms with Crippen LogP contribution in [-0.2, 0) is 0 Å². The Morgan fingerprint density at radius 3 is 2.33 bits per heavy atom. The Balaban J connectivity index is 1.90. The maximum atomic E-state index is 6.36. The molecule has 2 N–H and O–H groups in total. The van der Waals surface area contributed by atoms with Gasteiger partial charge in [-0.3, -0.25) is 0 Å². The molecule has 2 rings (SSSR count). The molecule has 0 atom stereocenters. The summed E-state index contributed by atoms with van der Waals surface area (Å²) in [5, 5.41) is 0. The number of hydrogen-bond acceptors (Lipinski definition) is 2. The zero-order valence-corrected chi connectivity index (χ0v) is 8.70. The van der Waals surface area contributed by atoms with E-state index < -0.39 is 0 Å². The summed E-state index contributed by atoms with van der Waals surface area (Å²) >= 11 is 2.09. The van der Waals surface area contributed by atoms with E-state index in [1.807, 2.05) is 0 Å². The van der Waals surface area contributed by atoms with E-state index in [1.165, 1.54) is 37.2 Å². The maximum Gasteiger partial charge on any atom is 0.0188 e. The third-order valence-electron chi connectivity index (χ3n) is 3.49. The van der Waals surface area contributed by atoms with Crippen LogP contribution in [0.2, 0.25) is 0 Å². The first kappa shape index (κ1) is 8.89. The van der Waals surface area contributed by atoms with Crippen molar-refractivity contribution in [3.05, 3.63) is 0 Å². The molecule has 0 aromatic heterocycles. The van der Waals surface area contributed by atoms with Crippen molar-refractivity contribution < 1.29 is 0 Å². The Morgan fingerprint density at radius 2 is 1.83 bits per heavy atom. The molecule has 2 aliphatic rings. The number of rotatable bonds is 1. The Labute approximate surface area is 79.5 Å². The Hall–Kier alpha value is 0.310. The zero-order valence-electron chi connectivity index (χ0n) is 7.88. The van der Waals surface area contributed by atoms with Gasteiger partial charge in [-0.25, -0.2) is 0 Å². The quantitative estimate of drug-likeness (QED) is 0.678. The lowest BCUT2D eigenvalue weighted by Gasteiger charge is -2.50. The highest BCUT2D eigenvalue weighted by atomic mass is 32.2. The SMILES string of the molecule is CC1CC(N)(C2CCSCC2)C1. The second-order valence-corrected chi connectivity index (χ2v) is 5.86. The fourth-order valence-corrected chi connectivity index (χ4v) is 3.95. The Bertz CT molecular complexity index is 157. The highest BCUT2D eigenvalue weighted by Crippen LogP contribution is 2.45. The van der Waals surface area contributed by atoms with Crippen molar-refractivity contribution in [2.24, 2.45) is 17.6 Å². The average molecular weight is 185 g/mol. The van der Waals surface area contributed by atoms with Gasteiger partial charge in [0.2, 0.25) is 0 Å². The van der Waals surface area contributed by atoms with E-state index >= 15 is 0 Å². The standard InChI is InChI=1S/C10H19NS/c1-8-6-10(11,7-8)9-2-4-12-5-3-9/h8-9H,2-7,11H2,1H3. The molecule has 1 saturated heterocycles. The van der Waals surface area contributed by atoms with E-state index in [-0.39, 0.29) is 5.54 Å². The molecular weight excluding hydrogens is 166 g/mol. The maximum absolute atomic E-state index is 6.36. The largest absolute Gasteiger partial charge is 0.325 e. The van der Waals surface area contributed by atoms with Crippen molar-refractivity contribution in [1.82, 2.24) is 0 Å². The summed E-state index contributed by atoms with van der Waals surface area (Å²) in [6, 6.07) is 0. The minimum Gasteiger partial charge on any atom is -0.325 e. The molecule has 2 fully saturated rings. The van der Waals surface area contributed by atoms with E-state index in [1.54, 1.807) is 0 Å². The van der Waals surface area contributed by atoms with Gasteiger partial charge in [-0.2, -0.15) is 11.8 Å². The molecule has 0 spiro atoms. The van der Waals surface area contributed by atoms with Crippen molar-refractivity contribution in [3.63, 3.8) is 0 Å². The van der Waals surface area contributed by atoms with E-state index in [2.05, 4.69) is 18.7 Å². The fraction of sp³-hybridized carbons (Fsp3) is 1.00. The summed E-state index contributed by atoms with van der Waals surface area (Å²) in [6.07, 6.45) is 5.30. The molecule has 0 unspecified atom stereocenters. The molecule has 0 radical (unpaired) electrons. The molecule has 1 aliphatic heterocycles. The third-order valence-corrected chi connectivity index (χ3v) is 4.54. The van der Waals surface area contributed by atoms with Gasteiger partial charge in [0.05, 0.1) is 0 Å². The van der Waals surface area contributed by atoms with Crippen LogP contribution in [-0.4, -0.2) is 17.0 Å². The van der Waals surface area contributed by atoms with Gasteiger partial charge in [-0.15, -0.1) is 0 Å². The Kier molecular flexibility index (Phi) is 2.39. The van der Waals surface area contributed by atoms with Crippen molar-refractivity contribution >= 4 is 11.8 Å². The van der Waals surface area contributed by atoms with Crippen molar-refractivity contribution in [1.29, 1.82) is 0 Å². The molecule has 1 aliphatic carbocycles. The monoisotopic (exact) mass is 185 g/mol. The topological polar surface area (TPSA) is 26.0 Å². The lowest BCUT2D eigenvalue weighted by Crippen LogP contribution is -2.57. The van der Waals surface area contributed by atoms with Gasteiger partial charge in [-0.1, -0.05) is 6.92 Å². The predicted molar refractivity (Wildman–Crippen MR) is 55.4 cm³/mol. The molecule has 0 amide bonds. The van der Waals surface area contributed by atoms with Crippen molar-refractivity contribution in [3.8, 4) is 0 Å². The van der Waals surface area contributed by atoms with E-state index in [0.29, 0.717) is 0 Å². The van der Waals surface area contributed by atoms with Crippen LogP contribution in [0.3, 0.4) is 0 Å². The molecule has 2 heteroatoms. The predicted octanol–water partition coefficient (Wildman–Crippen LogP) is 2.26. The van der Waals surface area contributed by atoms with Crippen LogP contribution in [0.4, 0.5) is 0 Å². The van der Waals surface area contributed by atoms with Crippen LogP contribution in [0.25, 0.3) is 0 Å². The van der Waals surface area contributed by atoms with Gasteiger partial charge >= 0.3 is 0 Å². The highest BCUT2D eigenvalue weighted by molar-refractivity contribution is 7.99. The molecule has 70 valence electrons. The van der Waals surface area contributed by atoms with Crippen LogP contribution in [0.1, 0.15) is 32.6 Å². The summed E-state index contributed by atoms with van der Waals surface area (Å²) < 4.78 is 0. The van der Waals surface area contributed by atoms with Crippen LogP contribution < -0.4 is 5.73 Å². The minimum absolute atomic E-state index is 0.250. The van der Waals surface area contributed by atoms with E-state index in [9.17, 15) is 0 Å². The molecule has 1 heterocycles. The number of thioether (sulfide) groups is 1. The summed E-state index contributed by atoms with van der Waals surface area (Å²) in [4.78, 5) is 0. The molecule has 12 heavy (non-hydrogen) atoms. The van der Waals surface area contributed by atoms with Gasteiger partial charge in [0.1, 0.15) is 0 Å². The lowest BCUT2D eigenvalue weighted by molar-refractivity contribution is 0.0867. The summed E-state index contributed by atoms with van der Waals surface area (Å²) in [5.74, 6) is 4.43.